The van der Waals surface area contributed by atoms with Crippen molar-refractivity contribution in [2.24, 2.45) is 5.73 Å². The summed E-state index contributed by atoms with van der Waals surface area (Å²) in [6.45, 7) is 4.29. The molecule has 2 rings (SSSR count). The molecule has 0 aliphatic heterocycles. The summed E-state index contributed by atoms with van der Waals surface area (Å²) in [5, 5.41) is 4.52. The highest BCUT2D eigenvalue weighted by Gasteiger charge is 2.15. The van der Waals surface area contributed by atoms with Crippen molar-refractivity contribution in [2.75, 3.05) is 0 Å². The van der Waals surface area contributed by atoms with Crippen LogP contribution < -0.4 is 5.73 Å². The molecule has 1 aromatic carbocycles. The predicted octanol–water partition coefficient (Wildman–Crippen LogP) is 2.95. The summed E-state index contributed by atoms with van der Waals surface area (Å²) >= 11 is 1.79. The molecular weight excluding hydrogens is 258 g/mol. The molecule has 102 valence electrons. The van der Waals surface area contributed by atoms with Crippen molar-refractivity contribution < 1.29 is 4.52 Å². The van der Waals surface area contributed by atoms with Crippen molar-refractivity contribution in [1.82, 2.24) is 10.1 Å². The molecule has 0 aliphatic carbocycles. The van der Waals surface area contributed by atoms with E-state index in [1.165, 1.54) is 5.56 Å². The van der Waals surface area contributed by atoms with Gasteiger partial charge in [-0.1, -0.05) is 49.3 Å². The minimum Gasteiger partial charge on any atom is -0.338 e. The Morgan fingerprint density at radius 3 is 2.68 bits per heavy atom. The van der Waals surface area contributed by atoms with Gasteiger partial charge in [-0.15, -0.1) is 0 Å². The smallest absolute Gasteiger partial charge is 0.243 e. The number of hydrogen-bond donors (Lipinski definition) is 1. The summed E-state index contributed by atoms with van der Waals surface area (Å²) in [7, 11) is 0. The molecule has 5 heteroatoms. The van der Waals surface area contributed by atoms with E-state index >= 15 is 0 Å². The topological polar surface area (TPSA) is 64.9 Å². The molecule has 1 aromatic heterocycles. The Hall–Kier alpha value is -1.33. The van der Waals surface area contributed by atoms with E-state index in [4.69, 9.17) is 10.3 Å². The van der Waals surface area contributed by atoms with E-state index in [1.807, 2.05) is 30.3 Å². The van der Waals surface area contributed by atoms with Gasteiger partial charge in [-0.25, -0.2) is 0 Å². The normalized spacial score (nSPS) is 12.8. The molecule has 0 spiro atoms. The predicted molar refractivity (Wildman–Crippen MR) is 77.8 cm³/mol. The van der Waals surface area contributed by atoms with Crippen LogP contribution in [-0.2, 0) is 12.2 Å². The SMILES string of the molecule is CC(C)SCc1noc(C(N)Cc2ccccc2)n1. The maximum atomic E-state index is 6.09. The van der Waals surface area contributed by atoms with Gasteiger partial charge in [0.15, 0.2) is 5.82 Å². The van der Waals surface area contributed by atoms with E-state index in [1.54, 1.807) is 11.8 Å². The average molecular weight is 277 g/mol. The zero-order valence-corrected chi connectivity index (χ0v) is 12.1. The number of aromatic nitrogens is 2. The fraction of sp³-hybridized carbons (Fsp3) is 0.429. The van der Waals surface area contributed by atoms with Crippen molar-refractivity contribution in [2.45, 2.75) is 37.3 Å². The molecule has 1 heterocycles. The molecule has 19 heavy (non-hydrogen) atoms. The lowest BCUT2D eigenvalue weighted by atomic mass is 10.1. The molecule has 2 N–H and O–H groups in total. The summed E-state index contributed by atoms with van der Waals surface area (Å²) in [6, 6.07) is 9.84. The van der Waals surface area contributed by atoms with E-state index in [-0.39, 0.29) is 6.04 Å². The molecule has 0 fully saturated rings. The molecule has 0 aliphatic rings. The summed E-state index contributed by atoms with van der Waals surface area (Å²) in [6.07, 6.45) is 0.708. The Balaban J connectivity index is 1.94. The number of nitrogens with two attached hydrogens (primary N) is 1. The van der Waals surface area contributed by atoms with Crippen LogP contribution in [0.5, 0.6) is 0 Å². The van der Waals surface area contributed by atoms with E-state index in [0.717, 1.165) is 11.6 Å². The van der Waals surface area contributed by atoms with Crippen LogP contribution in [0.4, 0.5) is 0 Å². The van der Waals surface area contributed by atoms with Crippen LogP contribution in [0.25, 0.3) is 0 Å². The zero-order chi connectivity index (χ0) is 13.7. The number of thioether (sulfide) groups is 1. The Kier molecular flexibility index (Phi) is 4.99. The second-order valence-corrected chi connectivity index (χ2v) is 6.27. The monoisotopic (exact) mass is 277 g/mol. The van der Waals surface area contributed by atoms with Gasteiger partial charge in [0.1, 0.15) is 0 Å². The van der Waals surface area contributed by atoms with Gasteiger partial charge in [-0.05, 0) is 17.2 Å². The third-order valence-electron chi connectivity index (χ3n) is 2.65. The Morgan fingerprint density at radius 1 is 1.26 bits per heavy atom. The molecule has 0 amide bonds. The minimum atomic E-state index is -0.243. The van der Waals surface area contributed by atoms with Crippen LogP contribution in [0.3, 0.4) is 0 Å². The second kappa shape index (κ2) is 6.73. The fourth-order valence-electron chi connectivity index (χ4n) is 1.67. The van der Waals surface area contributed by atoms with E-state index < -0.39 is 0 Å². The maximum Gasteiger partial charge on any atom is 0.243 e. The van der Waals surface area contributed by atoms with Gasteiger partial charge in [0.2, 0.25) is 5.89 Å². The third-order valence-corrected chi connectivity index (χ3v) is 3.74. The molecule has 0 radical (unpaired) electrons. The van der Waals surface area contributed by atoms with Crippen molar-refractivity contribution in [3.8, 4) is 0 Å². The molecule has 1 unspecified atom stereocenters. The highest BCUT2D eigenvalue weighted by molar-refractivity contribution is 7.99. The van der Waals surface area contributed by atoms with Crippen LogP contribution >= 0.6 is 11.8 Å². The van der Waals surface area contributed by atoms with E-state index in [2.05, 4.69) is 24.0 Å². The molecule has 4 nitrogen and oxygen atoms in total. The fourth-order valence-corrected chi connectivity index (χ4v) is 2.27. The molecular formula is C14H19N3OS. The van der Waals surface area contributed by atoms with Gasteiger partial charge in [0.05, 0.1) is 11.8 Å². The minimum absolute atomic E-state index is 0.243. The van der Waals surface area contributed by atoms with Crippen LogP contribution in [0.2, 0.25) is 0 Å². The quantitative estimate of drug-likeness (QED) is 0.879. The highest BCUT2D eigenvalue weighted by atomic mass is 32.2. The molecule has 0 bridgehead atoms. The Morgan fingerprint density at radius 2 is 2.00 bits per heavy atom. The largest absolute Gasteiger partial charge is 0.338 e. The first-order valence-corrected chi connectivity index (χ1v) is 7.43. The average Bonchev–Trinajstić information content (AvgIpc) is 2.86. The Bertz CT molecular complexity index is 498. The number of benzene rings is 1. The van der Waals surface area contributed by atoms with E-state index in [9.17, 15) is 0 Å². The van der Waals surface area contributed by atoms with Crippen molar-refractivity contribution in [3.05, 3.63) is 47.6 Å². The summed E-state index contributed by atoms with van der Waals surface area (Å²) in [5.74, 6) is 2.00. The number of rotatable bonds is 6. The number of nitrogens with zero attached hydrogens (tertiary/aromatic N) is 2. The molecule has 0 saturated carbocycles. The van der Waals surface area contributed by atoms with Gasteiger partial charge < -0.3 is 10.3 Å². The molecule has 1 atom stereocenters. The van der Waals surface area contributed by atoms with Crippen molar-refractivity contribution >= 4 is 11.8 Å². The first kappa shape index (κ1) is 14.1. The van der Waals surface area contributed by atoms with E-state index in [0.29, 0.717) is 17.6 Å². The van der Waals surface area contributed by atoms with Crippen LogP contribution in [0, 0.1) is 0 Å². The maximum absolute atomic E-state index is 6.09. The standard InChI is InChI=1S/C14H19N3OS/c1-10(2)19-9-13-16-14(18-17-13)12(15)8-11-6-4-3-5-7-11/h3-7,10,12H,8-9,15H2,1-2H3. The van der Waals surface area contributed by atoms with Gasteiger partial charge >= 0.3 is 0 Å². The van der Waals surface area contributed by atoms with Crippen molar-refractivity contribution in [1.29, 1.82) is 0 Å². The Labute approximate surface area is 117 Å². The van der Waals surface area contributed by atoms with Crippen LogP contribution in [-0.4, -0.2) is 15.4 Å². The first-order chi connectivity index (χ1) is 9.15. The van der Waals surface area contributed by atoms with Gasteiger partial charge in [-0.3, -0.25) is 0 Å². The molecule has 0 saturated heterocycles. The lowest BCUT2D eigenvalue weighted by molar-refractivity contribution is 0.351. The van der Waals surface area contributed by atoms with Gasteiger partial charge in [-0.2, -0.15) is 16.7 Å². The van der Waals surface area contributed by atoms with Gasteiger partial charge in [0.25, 0.3) is 0 Å². The lowest BCUT2D eigenvalue weighted by Crippen LogP contribution is -2.13. The summed E-state index contributed by atoms with van der Waals surface area (Å²) in [5.41, 5.74) is 7.27. The van der Waals surface area contributed by atoms with Crippen molar-refractivity contribution in [3.63, 3.8) is 0 Å². The first-order valence-electron chi connectivity index (χ1n) is 6.38. The third kappa shape index (κ3) is 4.36. The zero-order valence-electron chi connectivity index (χ0n) is 11.2. The highest BCUT2D eigenvalue weighted by Crippen LogP contribution is 2.18. The lowest BCUT2D eigenvalue weighted by Gasteiger charge is -2.06. The van der Waals surface area contributed by atoms with Crippen LogP contribution in [0.15, 0.2) is 34.9 Å². The van der Waals surface area contributed by atoms with Gasteiger partial charge in [0, 0.05) is 0 Å². The molecule has 2 aromatic rings. The summed E-state index contributed by atoms with van der Waals surface area (Å²) in [4.78, 5) is 4.35. The number of hydrogen-bond acceptors (Lipinski definition) is 5. The summed E-state index contributed by atoms with van der Waals surface area (Å²) < 4.78 is 5.23. The van der Waals surface area contributed by atoms with Crippen LogP contribution in [0.1, 0.15) is 37.2 Å². The second-order valence-electron chi connectivity index (χ2n) is 4.70.